The molecule has 1 unspecified atom stereocenters. The standard InChI is InChI=1S/C23H34F3NO3/c1-4-5-6-7-8-9-10-13-16-30-22(29)20(17(2)3)27-21(28)18-14-11-12-15-19(18)23(24,25)26/h11-12,14-15,17,20H,4-10,13,16H2,1-3H3,(H,27,28). The second-order valence-electron chi connectivity index (χ2n) is 7.88. The maximum Gasteiger partial charge on any atom is 0.417 e. The highest BCUT2D eigenvalue weighted by Crippen LogP contribution is 2.31. The van der Waals surface area contributed by atoms with E-state index in [9.17, 15) is 22.8 Å². The van der Waals surface area contributed by atoms with Crippen LogP contribution in [0, 0.1) is 5.92 Å². The predicted octanol–water partition coefficient (Wildman–Crippen LogP) is 6.14. The lowest BCUT2D eigenvalue weighted by atomic mass is 10.0. The Morgan fingerprint density at radius 1 is 0.967 bits per heavy atom. The molecule has 0 aliphatic carbocycles. The zero-order valence-corrected chi connectivity index (χ0v) is 18.2. The number of carbonyl (C=O) groups is 2. The van der Waals surface area contributed by atoms with Gasteiger partial charge in [0.15, 0.2) is 0 Å². The third kappa shape index (κ3) is 9.18. The quantitative estimate of drug-likeness (QED) is 0.302. The van der Waals surface area contributed by atoms with E-state index in [1.54, 1.807) is 13.8 Å². The highest BCUT2D eigenvalue weighted by molar-refractivity contribution is 5.98. The fourth-order valence-electron chi connectivity index (χ4n) is 3.14. The van der Waals surface area contributed by atoms with Crippen molar-refractivity contribution >= 4 is 11.9 Å². The van der Waals surface area contributed by atoms with Gasteiger partial charge in [-0.1, -0.05) is 77.8 Å². The fourth-order valence-corrected chi connectivity index (χ4v) is 3.14. The largest absolute Gasteiger partial charge is 0.464 e. The first-order valence-electron chi connectivity index (χ1n) is 10.8. The molecule has 1 atom stereocenters. The summed E-state index contributed by atoms with van der Waals surface area (Å²) in [6.07, 6.45) is 4.22. The summed E-state index contributed by atoms with van der Waals surface area (Å²) >= 11 is 0. The molecule has 0 spiro atoms. The van der Waals surface area contributed by atoms with Crippen molar-refractivity contribution in [3.05, 3.63) is 35.4 Å². The highest BCUT2D eigenvalue weighted by atomic mass is 19.4. The van der Waals surface area contributed by atoms with E-state index in [0.29, 0.717) is 0 Å². The lowest BCUT2D eigenvalue weighted by Gasteiger charge is -2.22. The van der Waals surface area contributed by atoms with Gasteiger partial charge in [-0.3, -0.25) is 4.79 Å². The molecule has 1 N–H and O–H groups in total. The second-order valence-corrected chi connectivity index (χ2v) is 7.88. The number of carbonyl (C=O) groups excluding carboxylic acids is 2. The van der Waals surface area contributed by atoms with Crippen LogP contribution in [0.25, 0.3) is 0 Å². The maximum atomic E-state index is 13.1. The smallest absolute Gasteiger partial charge is 0.417 e. The highest BCUT2D eigenvalue weighted by Gasteiger charge is 2.36. The van der Waals surface area contributed by atoms with E-state index in [1.807, 2.05) is 0 Å². The molecular weight excluding hydrogens is 395 g/mol. The third-order valence-corrected chi connectivity index (χ3v) is 4.93. The van der Waals surface area contributed by atoms with E-state index in [4.69, 9.17) is 4.74 Å². The number of nitrogens with one attached hydrogen (secondary N) is 1. The Balaban J connectivity index is 2.53. The summed E-state index contributed by atoms with van der Waals surface area (Å²) in [7, 11) is 0. The monoisotopic (exact) mass is 429 g/mol. The summed E-state index contributed by atoms with van der Waals surface area (Å²) in [6.45, 7) is 5.83. The molecule has 0 bridgehead atoms. The van der Waals surface area contributed by atoms with Gasteiger partial charge in [-0.05, 0) is 24.5 Å². The van der Waals surface area contributed by atoms with Crippen molar-refractivity contribution < 1.29 is 27.5 Å². The van der Waals surface area contributed by atoms with Crippen LogP contribution in [0.5, 0.6) is 0 Å². The van der Waals surface area contributed by atoms with Crippen LogP contribution in [0.1, 0.15) is 88.1 Å². The second kappa shape index (κ2) is 13.3. The molecule has 0 aliphatic heterocycles. The predicted molar refractivity (Wildman–Crippen MR) is 111 cm³/mol. The lowest BCUT2D eigenvalue weighted by Crippen LogP contribution is -2.45. The molecule has 0 fully saturated rings. The summed E-state index contributed by atoms with van der Waals surface area (Å²) in [4.78, 5) is 24.8. The number of alkyl halides is 3. The molecule has 0 aliphatic rings. The molecule has 1 rings (SSSR count). The molecule has 0 radical (unpaired) electrons. The minimum absolute atomic E-state index is 0.242. The van der Waals surface area contributed by atoms with Crippen molar-refractivity contribution in [2.45, 2.75) is 84.4 Å². The number of hydrogen-bond donors (Lipinski definition) is 1. The number of benzene rings is 1. The van der Waals surface area contributed by atoms with E-state index >= 15 is 0 Å². The first kappa shape index (κ1) is 26.0. The number of hydrogen-bond acceptors (Lipinski definition) is 3. The molecule has 7 heteroatoms. The average Bonchev–Trinajstić information content (AvgIpc) is 2.69. The van der Waals surface area contributed by atoms with Crippen molar-refractivity contribution in [1.82, 2.24) is 5.32 Å². The molecule has 1 aromatic carbocycles. The molecule has 0 saturated heterocycles. The number of amides is 1. The molecule has 0 saturated carbocycles. The number of esters is 1. The zero-order chi connectivity index (χ0) is 22.6. The molecular formula is C23H34F3NO3. The van der Waals surface area contributed by atoms with Crippen LogP contribution < -0.4 is 5.32 Å². The summed E-state index contributed by atoms with van der Waals surface area (Å²) in [6, 6.07) is 3.52. The topological polar surface area (TPSA) is 55.4 Å². The van der Waals surface area contributed by atoms with Crippen LogP contribution >= 0.6 is 0 Å². The van der Waals surface area contributed by atoms with Gasteiger partial charge in [0.1, 0.15) is 6.04 Å². The van der Waals surface area contributed by atoms with E-state index in [0.717, 1.165) is 37.8 Å². The average molecular weight is 430 g/mol. The number of halogens is 3. The van der Waals surface area contributed by atoms with Crippen LogP contribution in [0.15, 0.2) is 24.3 Å². The summed E-state index contributed by atoms with van der Waals surface area (Å²) in [5, 5.41) is 2.41. The van der Waals surface area contributed by atoms with Gasteiger partial charge in [-0.15, -0.1) is 0 Å². The van der Waals surface area contributed by atoms with Gasteiger partial charge < -0.3 is 10.1 Å². The van der Waals surface area contributed by atoms with Crippen molar-refractivity contribution in [3.8, 4) is 0 Å². The Bertz CT molecular complexity index is 659. The van der Waals surface area contributed by atoms with E-state index < -0.39 is 35.2 Å². The van der Waals surface area contributed by atoms with Gasteiger partial charge in [0.25, 0.3) is 5.91 Å². The van der Waals surface area contributed by atoms with Crippen LogP contribution in [-0.2, 0) is 15.7 Å². The van der Waals surface area contributed by atoms with E-state index in [-0.39, 0.29) is 12.5 Å². The van der Waals surface area contributed by atoms with Crippen molar-refractivity contribution in [2.24, 2.45) is 5.92 Å². The Morgan fingerprint density at radius 3 is 2.10 bits per heavy atom. The lowest BCUT2D eigenvalue weighted by molar-refractivity contribution is -0.147. The van der Waals surface area contributed by atoms with Crippen molar-refractivity contribution in [1.29, 1.82) is 0 Å². The summed E-state index contributed by atoms with van der Waals surface area (Å²) < 4.78 is 44.7. The maximum absolute atomic E-state index is 13.1. The number of unbranched alkanes of at least 4 members (excludes halogenated alkanes) is 7. The van der Waals surface area contributed by atoms with Crippen LogP contribution in [0.2, 0.25) is 0 Å². The molecule has 170 valence electrons. The molecule has 1 amide bonds. The van der Waals surface area contributed by atoms with Crippen LogP contribution in [-0.4, -0.2) is 24.5 Å². The van der Waals surface area contributed by atoms with Gasteiger partial charge in [-0.25, -0.2) is 4.79 Å². The third-order valence-electron chi connectivity index (χ3n) is 4.93. The SMILES string of the molecule is CCCCCCCCCCOC(=O)C(NC(=O)c1ccccc1C(F)(F)F)C(C)C. The fraction of sp³-hybridized carbons (Fsp3) is 0.652. The van der Waals surface area contributed by atoms with Gasteiger partial charge in [0.05, 0.1) is 17.7 Å². The van der Waals surface area contributed by atoms with E-state index in [1.165, 1.54) is 37.8 Å². The van der Waals surface area contributed by atoms with Crippen LogP contribution in [0.4, 0.5) is 13.2 Å². The number of ether oxygens (including phenoxy) is 1. The summed E-state index contributed by atoms with van der Waals surface area (Å²) in [5.74, 6) is -1.88. The normalized spacial score (nSPS) is 12.6. The zero-order valence-electron chi connectivity index (χ0n) is 18.2. The number of rotatable bonds is 13. The first-order valence-corrected chi connectivity index (χ1v) is 10.8. The molecule has 4 nitrogen and oxygen atoms in total. The molecule has 0 aromatic heterocycles. The Hall–Kier alpha value is -2.05. The van der Waals surface area contributed by atoms with Gasteiger partial charge >= 0.3 is 12.1 Å². The Labute approximate surface area is 177 Å². The Morgan fingerprint density at radius 2 is 1.53 bits per heavy atom. The van der Waals surface area contributed by atoms with Gasteiger partial charge in [0.2, 0.25) is 0 Å². The first-order chi connectivity index (χ1) is 14.2. The summed E-state index contributed by atoms with van der Waals surface area (Å²) in [5.41, 5.74) is -1.54. The van der Waals surface area contributed by atoms with Crippen molar-refractivity contribution in [2.75, 3.05) is 6.61 Å². The molecule has 30 heavy (non-hydrogen) atoms. The van der Waals surface area contributed by atoms with Crippen molar-refractivity contribution in [3.63, 3.8) is 0 Å². The Kier molecular flexibility index (Phi) is 11.5. The van der Waals surface area contributed by atoms with E-state index in [2.05, 4.69) is 12.2 Å². The minimum Gasteiger partial charge on any atom is -0.464 e. The van der Waals surface area contributed by atoms with Gasteiger partial charge in [0, 0.05) is 0 Å². The van der Waals surface area contributed by atoms with Crippen LogP contribution in [0.3, 0.4) is 0 Å². The molecule has 1 aromatic rings. The minimum atomic E-state index is -4.65. The molecule has 0 heterocycles. The van der Waals surface area contributed by atoms with Gasteiger partial charge in [-0.2, -0.15) is 13.2 Å².